The van der Waals surface area contributed by atoms with Gasteiger partial charge in [-0.2, -0.15) is 0 Å². The van der Waals surface area contributed by atoms with Crippen LogP contribution in [0.15, 0.2) is 24.3 Å². The second-order valence-electron chi connectivity index (χ2n) is 4.99. The summed E-state index contributed by atoms with van der Waals surface area (Å²) in [6.07, 6.45) is 3.82. The molecule has 0 spiro atoms. The van der Waals surface area contributed by atoms with E-state index in [1.54, 1.807) is 0 Å². The zero-order valence-corrected chi connectivity index (χ0v) is 12.1. The van der Waals surface area contributed by atoms with Gasteiger partial charge in [0.2, 0.25) is 5.91 Å². The fraction of sp³-hybridized carbons (Fsp3) is 0.562. The molecule has 1 amide bonds. The van der Waals surface area contributed by atoms with Crippen LogP contribution in [0.3, 0.4) is 0 Å². The fourth-order valence-corrected chi connectivity index (χ4v) is 2.39. The molecule has 0 saturated carbocycles. The molecule has 0 aliphatic carbocycles. The highest BCUT2D eigenvalue weighted by Gasteiger charge is 2.16. The third kappa shape index (κ3) is 4.53. The first-order valence-corrected chi connectivity index (χ1v) is 7.38. The van der Waals surface area contributed by atoms with Crippen molar-refractivity contribution in [2.24, 2.45) is 0 Å². The maximum Gasteiger partial charge on any atom is 0.220 e. The van der Waals surface area contributed by atoms with Gasteiger partial charge in [-0.3, -0.25) is 4.79 Å². The van der Waals surface area contributed by atoms with Crippen LogP contribution < -0.4 is 10.1 Å². The van der Waals surface area contributed by atoms with E-state index < -0.39 is 0 Å². The van der Waals surface area contributed by atoms with Crippen molar-refractivity contribution in [3.8, 4) is 5.75 Å². The van der Waals surface area contributed by atoms with Crippen molar-refractivity contribution in [3.63, 3.8) is 0 Å². The van der Waals surface area contributed by atoms with Crippen LogP contribution in [0.4, 0.5) is 0 Å². The van der Waals surface area contributed by atoms with Gasteiger partial charge < -0.3 is 14.8 Å². The molecule has 1 saturated heterocycles. The Morgan fingerprint density at radius 1 is 1.45 bits per heavy atom. The molecule has 1 aromatic carbocycles. The normalized spacial score (nSPS) is 17.9. The lowest BCUT2D eigenvalue weighted by atomic mass is 10.1. The van der Waals surface area contributed by atoms with Gasteiger partial charge in [0.05, 0.1) is 12.7 Å². The number of benzene rings is 1. The Hall–Kier alpha value is -1.55. The Balaban J connectivity index is 1.74. The lowest BCUT2D eigenvalue weighted by molar-refractivity contribution is -0.121. The largest absolute Gasteiger partial charge is 0.494 e. The molecule has 0 radical (unpaired) electrons. The molecule has 1 aliphatic heterocycles. The van der Waals surface area contributed by atoms with Crippen molar-refractivity contribution in [3.05, 3.63) is 29.8 Å². The summed E-state index contributed by atoms with van der Waals surface area (Å²) in [7, 11) is 0. The topological polar surface area (TPSA) is 47.6 Å². The zero-order chi connectivity index (χ0) is 14.2. The van der Waals surface area contributed by atoms with Crippen molar-refractivity contribution < 1.29 is 14.3 Å². The van der Waals surface area contributed by atoms with Gasteiger partial charge >= 0.3 is 0 Å². The van der Waals surface area contributed by atoms with E-state index in [1.165, 1.54) is 0 Å². The molecule has 1 aromatic rings. The molecule has 1 atom stereocenters. The molecular weight excluding hydrogens is 254 g/mol. The number of carbonyl (C=O) groups excluding carboxylic acids is 1. The average molecular weight is 277 g/mol. The SMILES string of the molecule is CCOc1ccccc1CNC(=O)CCC1CCCO1. The number of rotatable bonds is 7. The van der Waals surface area contributed by atoms with Crippen molar-refractivity contribution in [1.82, 2.24) is 5.32 Å². The van der Waals surface area contributed by atoms with Crippen LogP contribution in [-0.2, 0) is 16.1 Å². The number of amides is 1. The minimum Gasteiger partial charge on any atom is -0.494 e. The summed E-state index contributed by atoms with van der Waals surface area (Å²) in [6, 6.07) is 7.80. The van der Waals surface area contributed by atoms with Gasteiger partial charge in [-0.15, -0.1) is 0 Å². The van der Waals surface area contributed by atoms with Crippen LogP contribution >= 0.6 is 0 Å². The maximum atomic E-state index is 11.8. The summed E-state index contributed by atoms with van der Waals surface area (Å²) in [6.45, 7) is 3.94. The lowest BCUT2D eigenvalue weighted by Gasteiger charge is -2.12. The zero-order valence-electron chi connectivity index (χ0n) is 12.1. The van der Waals surface area contributed by atoms with E-state index in [4.69, 9.17) is 9.47 Å². The summed E-state index contributed by atoms with van der Waals surface area (Å²) in [5.74, 6) is 0.918. The quantitative estimate of drug-likeness (QED) is 0.833. The third-order valence-electron chi connectivity index (χ3n) is 3.47. The average Bonchev–Trinajstić information content (AvgIpc) is 2.98. The van der Waals surface area contributed by atoms with Crippen LogP contribution in [-0.4, -0.2) is 25.2 Å². The molecule has 4 nitrogen and oxygen atoms in total. The van der Waals surface area contributed by atoms with E-state index in [1.807, 2.05) is 31.2 Å². The first-order valence-electron chi connectivity index (χ1n) is 7.38. The number of para-hydroxylation sites is 1. The van der Waals surface area contributed by atoms with Crippen molar-refractivity contribution in [2.75, 3.05) is 13.2 Å². The monoisotopic (exact) mass is 277 g/mol. The van der Waals surface area contributed by atoms with Crippen LogP contribution in [0.2, 0.25) is 0 Å². The Bertz CT molecular complexity index is 427. The maximum absolute atomic E-state index is 11.8. The van der Waals surface area contributed by atoms with Gasteiger partial charge in [0.1, 0.15) is 5.75 Å². The second-order valence-corrected chi connectivity index (χ2v) is 4.99. The molecule has 1 fully saturated rings. The Labute approximate surface area is 120 Å². The van der Waals surface area contributed by atoms with Gasteiger partial charge in [-0.1, -0.05) is 18.2 Å². The second kappa shape index (κ2) is 7.90. The molecule has 0 aromatic heterocycles. The van der Waals surface area contributed by atoms with E-state index in [-0.39, 0.29) is 12.0 Å². The van der Waals surface area contributed by atoms with Crippen LogP contribution in [0.25, 0.3) is 0 Å². The molecule has 1 aliphatic rings. The number of ether oxygens (including phenoxy) is 2. The minimum atomic E-state index is 0.0757. The molecule has 2 rings (SSSR count). The van der Waals surface area contributed by atoms with Crippen LogP contribution in [0.1, 0.15) is 38.2 Å². The summed E-state index contributed by atoms with van der Waals surface area (Å²) in [5.41, 5.74) is 1.01. The van der Waals surface area contributed by atoms with Gasteiger partial charge in [0.25, 0.3) is 0 Å². The standard InChI is InChI=1S/C16H23NO3/c1-2-19-15-8-4-3-6-13(15)12-17-16(18)10-9-14-7-5-11-20-14/h3-4,6,8,14H,2,5,7,9-12H2,1H3,(H,17,18). The van der Waals surface area contributed by atoms with E-state index >= 15 is 0 Å². The Morgan fingerprint density at radius 3 is 3.05 bits per heavy atom. The van der Waals surface area contributed by atoms with Crippen molar-refractivity contribution in [1.29, 1.82) is 0 Å². The summed E-state index contributed by atoms with van der Waals surface area (Å²) >= 11 is 0. The van der Waals surface area contributed by atoms with Gasteiger partial charge in [-0.25, -0.2) is 0 Å². The molecule has 4 heteroatoms. The van der Waals surface area contributed by atoms with Gasteiger partial charge in [0.15, 0.2) is 0 Å². The number of hydrogen-bond donors (Lipinski definition) is 1. The molecular formula is C16H23NO3. The minimum absolute atomic E-state index is 0.0757. The number of nitrogens with one attached hydrogen (secondary N) is 1. The predicted octanol–water partition coefficient (Wildman–Crippen LogP) is 2.66. The predicted molar refractivity (Wildman–Crippen MR) is 77.7 cm³/mol. The van der Waals surface area contributed by atoms with Crippen LogP contribution in [0, 0.1) is 0 Å². The van der Waals surface area contributed by atoms with E-state index in [0.29, 0.717) is 19.6 Å². The fourth-order valence-electron chi connectivity index (χ4n) is 2.39. The highest BCUT2D eigenvalue weighted by molar-refractivity contribution is 5.75. The molecule has 110 valence electrons. The lowest BCUT2D eigenvalue weighted by Crippen LogP contribution is -2.24. The summed E-state index contributed by atoms with van der Waals surface area (Å²) in [5, 5.41) is 2.95. The van der Waals surface area contributed by atoms with Crippen LogP contribution in [0.5, 0.6) is 5.75 Å². The molecule has 1 N–H and O–H groups in total. The van der Waals surface area contributed by atoms with E-state index in [2.05, 4.69) is 5.32 Å². The smallest absolute Gasteiger partial charge is 0.220 e. The number of carbonyl (C=O) groups is 1. The van der Waals surface area contributed by atoms with Gasteiger partial charge in [-0.05, 0) is 32.3 Å². The molecule has 20 heavy (non-hydrogen) atoms. The first kappa shape index (κ1) is 14.9. The molecule has 0 bridgehead atoms. The third-order valence-corrected chi connectivity index (χ3v) is 3.47. The summed E-state index contributed by atoms with van der Waals surface area (Å²) < 4.78 is 11.1. The van der Waals surface area contributed by atoms with Crippen molar-refractivity contribution in [2.45, 2.75) is 45.3 Å². The van der Waals surface area contributed by atoms with Crippen molar-refractivity contribution >= 4 is 5.91 Å². The molecule has 1 heterocycles. The highest BCUT2D eigenvalue weighted by Crippen LogP contribution is 2.18. The summed E-state index contributed by atoms with van der Waals surface area (Å²) in [4.78, 5) is 11.8. The van der Waals surface area contributed by atoms with E-state index in [9.17, 15) is 4.79 Å². The van der Waals surface area contributed by atoms with E-state index in [0.717, 1.165) is 37.2 Å². The number of hydrogen-bond acceptors (Lipinski definition) is 3. The molecule has 1 unspecified atom stereocenters. The highest BCUT2D eigenvalue weighted by atomic mass is 16.5. The van der Waals surface area contributed by atoms with Gasteiger partial charge in [0, 0.05) is 25.1 Å². The Kier molecular flexibility index (Phi) is 5.87. The first-order chi connectivity index (χ1) is 9.79. The Morgan fingerprint density at radius 2 is 2.30 bits per heavy atom.